The lowest BCUT2D eigenvalue weighted by Crippen LogP contribution is -2.49. The number of nitrogens with one attached hydrogen (secondary N) is 2. The van der Waals surface area contributed by atoms with Gasteiger partial charge in [-0.15, -0.1) is 12.4 Å². The van der Waals surface area contributed by atoms with Crippen molar-refractivity contribution in [3.05, 3.63) is 23.8 Å². The second-order valence-electron chi connectivity index (χ2n) is 5.37. The van der Waals surface area contributed by atoms with Crippen LogP contribution in [0.2, 0.25) is 0 Å². The van der Waals surface area contributed by atoms with Crippen LogP contribution in [0.4, 0.5) is 5.69 Å². The molecule has 1 aliphatic heterocycles. The van der Waals surface area contributed by atoms with Crippen molar-refractivity contribution in [2.45, 2.75) is 39.3 Å². The Labute approximate surface area is 141 Å². The standard InChI is InChI=1S/C15H20N4O3.ClH/c1-4-11-14(21)19(8(2)3)10-6-5-9(7-12(10)22-11)13(20)18-15(16)17;/h5-8,11H,4H2,1-3H3,(H4,16,17,18,20);1H/t11-;/m1./s1. The van der Waals surface area contributed by atoms with Gasteiger partial charge < -0.3 is 15.4 Å². The number of rotatable bonds is 3. The van der Waals surface area contributed by atoms with E-state index in [1.54, 1.807) is 23.1 Å². The summed E-state index contributed by atoms with van der Waals surface area (Å²) in [6.45, 7) is 5.73. The molecule has 1 aromatic carbocycles. The van der Waals surface area contributed by atoms with Crippen LogP contribution >= 0.6 is 12.4 Å². The van der Waals surface area contributed by atoms with Gasteiger partial charge >= 0.3 is 0 Å². The van der Waals surface area contributed by atoms with Gasteiger partial charge in [-0.05, 0) is 38.5 Å². The summed E-state index contributed by atoms with van der Waals surface area (Å²) in [5.74, 6) is -0.503. The Morgan fingerprint density at radius 2 is 2.13 bits per heavy atom. The maximum atomic E-state index is 12.4. The number of carbonyl (C=O) groups excluding carboxylic acids is 2. The minimum absolute atomic E-state index is 0. The van der Waals surface area contributed by atoms with Crippen LogP contribution in [0, 0.1) is 5.41 Å². The van der Waals surface area contributed by atoms with E-state index in [1.807, 2.05) is 20.8 Å². The fourth-order valence-corrected chi connectivity index (χ4v) is 2.41. The zero-order valence-electron chi connectivity index (χ0n) is 13.3. The Balaban J connectivity index is 0.00000264. The van der Waals surface area contributed by atoms with Crippen molar-refractivity contribution in [3.8, 4) is 5.75 Å². The van der Waals surface area contributed by atoms with Crippen LogP contribution in [-0.4, -0.2) is 29.9 Å². The topological polar surface area (TPSA) is 109 Å². The first-order valence-corrected chi connectivity index (χ1v) is 7.14. The van der Waals surface area contributed by atoms with Crippen molar-refractivity contribution in [1.29, 1.82) is 5.41 Å². The lowest BCUT2D eigenvalue weighted by atomic mass is 10.1. The van der Waals surface area contributed by atoms with Gasteiger partial charge in [0.15, 0.2) is 12.1 Å². The lowest BCUT2D eigenvalue weighted by molar-refractivity contribution is -0.126. The van der Waals surface area contributed by atoms with E-state index >= 15 is 0 Å². The first-order valence-electron chi connectivity index (χ1n) is 7.14. The largest absolute Gasteiger partial charge is 0.478 e. The third-order valence-corrected chi connectivity index (χ3v) is 3.40. The number of nitrogens with zero attached hydrogens (tertiary/aromatic N) is 1. The average Bonchev–Trinajstić information content (AvgIpc) is 2.44. The number of hydrogen-bond acceptors (Lipinski definition) is 4. The normalized spacial score (nSPS) is 16.3. The highest BCUT2D eigenvalue weighted by Gasteiger charge is 2.35. The maximum absolute atomic E-state index is 12.4. The Kier molecular flexibility index (Phi) is 5.98. The Hall–Kier alpha value is -2.28. The Morgan fingerprint density at radius 3 is 2.65 bits per heavy atom. The third kappa shape index (κ3) is 3.73. The van der Waals surface area contributed by atoms with E-state index in [4.69, 9.17) is 15.9 Å². The first-order chi connectivity index (χ1) is 10.3. The number of benzene rings is 1. The summed E-state index contributed by atoms with van der Waals surface area (Å²) in [6.07, 6.45) is -0.00763. The van der Waals surface area contributed by atoms with Crippen molar-refractivity contribution < 1.29 is 14.3 Å². The number of hydrogen-bond donors (Lipinski definition) is 3. The quantitative estimate of drug-likeness (QED) is 0.574. The van der Waals surface area contributed by atoms with E-state index in [0.29, 0.717) is 23.4 Å². The van der Waals surface area contributed by atoms with Gasteiger partial charge in [0.25, 0.3) is 11.8 Å². The van der Waals surface area contributed by atoms with Crippen LogP contribution < -0.4 is 20.7 Å². The number of fused-ring (bicyclic) bond motifs is 1. The molecule has 0 aromatic heterocycles. The van der Waals surface area contributed by atoms with Crippen molar-refractivity contribution in [1.82, 2.24) is 5.32 Å². The molecule has 1 heterocycles. The molecule has 8 heteroatoms. The van der Waals surface area contributed by atoms with Gasteiger partial charge in [0.05, 0.1) is 5.69 Å². The molecule has 2 amide bonds. The zero-order chi connectivity index (χ0) is 16.4. The van der Waals surface area contributed by atoms with Crippen molar-refractivity contribution in [2.24, 2.45) is 5.73 Å². The molecule has 0 radical (unpaired) electrons. The molecule has 0 fully saturated rings. The number of guanidine groups is 1. The van der Waals surface area contributed by atoms with Crippen LogP contribution in [-0.2, 0) is 4.79 Å². The summed E-state index contributed by atoms with van der Waals surface area (Å²) in [4.78, 5) is 26.0. The number of amides is 2. The Morgan fingerprint density at radius 1 is 1.48 bits per heavy atom. The van der Waals surface area contributed by atoms with Crippen molar-refractivity contribution in [2.75, 3.05) is 4.90 Å². The fraction of sp³-hybridized carbons (Fsp3) is 0.400. The molecule has 0 unspecified atom stereocenters. The van der Waals surface area contributed by atoms with Crippen LogP contribution in [0.3, 0.4) is 0 Å². The molecule has 126 valence electrons. The predicted molar refractivity (Wildman–Crippen MR) is 90.4 cm³/mol. The first kappa shape index (κ1) is 18.8. The molecular weight excluding hydrogens is 320 g/mol. The minimum Gasteiger partial charge on any atom is -0.478 e. The lowest BCUT2D eigenvalue weighted by Gasteiger charge is -2.36. The third-order valence-electron chi connectivity index (χ3n) is 3.40. The van der Waals surface area contributed by atoms with Gasteiger partial charge in [-0.1, -0.05) is 6.92 Å². The molecule has 0 saturated carbocycles. The molecule has 7 nitrogen and oxygen atoms in total. The molecule has 2 rings (SSSR count). The summed E-state index contributed by atoms with van der Waals surface area (Å²) in [6, 6.07) is 4.81. The highest BCUT2D eigenvalue weighted by molar-refractivity contribution is 6.06. The molecule has 1 aliphatic rings. The maximum Gasteiger partial charge on any atom is 0.268 e. The molecule has 4 N–H and O–H groups in total. The zero-order valence-corrected chi connectivity index (χ0v) is 14.1. The van der Waals surface area contributed by atoms with Crippen molar-refractivity contribution >= 4 is 35.9 Å². The van der Waals surface area contributed by atoms with E-state index < -0.39 is 18.0 Å². The SMILES string of the molecule is CC[C@H]1Oc2cc(C(=O)NC(=N)N)ccc2N(C(C)C)C1=O.Cl. The summed E-state index contributed by atoms with van der Waals surface area (Å²) in [5.41, 5.74) is 6.12. The van der Waals surface area contributed by atoms with Crippen LogP contribution in [0.1, 0.15) is 37.6 Å². The van der Waals surface area contributed by atoms with Gasteiger partial charge in [-0.2, -0.15) is 0 Å². The van der Waals surface area contributed by atoms with Crippen LogP contribution in [0.5, 0.6) is 5.75 Å². The molecule has 1 aromatic rings. The van der Waals surface area contributed by atoms with E-state index in [2.05, 4.69) is 5.32 Å². The highest BCUT2D eigenvalue weighted by Crippen LogP contribution is 2.36. The van der Waals surface area contributed by atoms with Gasteiger partial charge in [0.2, 0.25) is 0 Å². The summed E-state index contributed by atoms with van der Waals surface area (Å²) >= 11 is 0. The van der Waals surface area contributed by atoms with E-state index in [0.717, 1.165) is 0 Å². The van der Waals surface area contributed by atoms with Crippen molar-refractivity contribution in [3.63, 3.8) is 0 Å². The molecule has 23 heavy (non-hydrogen) atoms. The van der Waals surface area contributed by atoms with E-state index in [1.165, 1.54) is 0 Å². The number of carbonyl (C=O) groups is 2. The second kappa shape index (κ2) is 7.32. The number of anilines is 1. The predicted octanol–water partition coefficient (Wildman–Crippen LogP) is 1.64. The average molecular weight is 341 g/mol. The summed E-state index contributed by atoms with van der Waals surface area (Å²) in [5, 5.41) is 9.32. The summed E-state index contributed by atoms with van der Waals surface area (Å²) in [7, 11) is 0. The van der Waals surface area contributed by atoms with Gasteiger partial charge in [-0.3, -0.25) is 20.3 Å². The van der Waals surface area contributed by atoms with Gasteiger partial charge in [0, 0.05) is 11.6 Å². The number of ether oxygens (including phenoxy) is 1. The second-order valence-corrected chi connectivity index (χ2v) is 5.37. The molecule has 0 spiro atoms. The Bertz CT molecular complexity index is 633. The fourth-order valence-electron chi connectivity index (χ4n) is 2.41. The molecule has 1 atom stereocenters. The van der Waals surface area contributed by atoms with Crippen LogP contribution in [0.25, 0.3) is 0 Å². The molecular formula is C15H21ClN4O3. The van der Waals surface area contributed by atoms with Gasteiger partial charge in [-0.25, -0.2) is 0 Å². The smallest absolute Gasteiger partial charge is 0.268 e. The van der Waals surface area contributed by atoms with Gasteiger partial charge in [0.1, 0.15) is 5.75 Å². The minimum atomic E-state index is -0.555. The number of halogens is 1. The highest BCUT2D eigenvalue weighted by atomic mass is 35.5. The van der Waals surface area contributed by atoms with E-state index in [-0.39, 0.29) is 24.4 Å². The van der Waals surface area contributed by atoms with E-state index in [9.17, 15) is 9.59 Å². The monoisotopic (exact) mass is 340 g/mol. The summed E-state index contributed by atoms with van der Waals surface area (Å²) < 4.78 is 5.71. The number of nitrogens with two attached hydrogens (primary N) is 1. The molecule has 0 aliphatic carbocycles. The molecule has 0 saturated heterocycles. The molecule has 0 bridgehead atoms. The van der Waals surface area contributed by atoms with Crippen LogP contribution in [0.15, 0.2) is 18.2 Å².